The Morgan fingerprint density at radius 1 is 1.04 bits per heavy atom. The maximum Gasteiger partial charge on any atom is 0.255 e. The molecule has 2 aromatic rings. The number of aromatic nitrogens is 1. The highest BCUT2D eigenvalue weighted by Gasteiger charge is 2.12. The Hall–Kier alpha value is -1.82. The average molecular weight is 385 g/mol. The lowest BCUT2D eigenvalue weighted by Crippen LogP contribution is -2.32. The number of hydrogen-bond acceptors (Lipinski definition) is 4. The fraction of sp³-hybridized carbons (Fsp3) is 0.333. The first-order valence-corrected chi connectivity index (χ1v) is 7.66. The van der Waals surface area contributed by atoms with E-state index in [1.807, 2.05) is 39.3 Å². The molecule has 0 saturated heterocycles. The summed E-state index contributed by atoms with van der Waals surface area (Å²) in [5.74, 6) is -0.0143. The smallest absolute Gasteiger partial charge is 0.255 e. The molecule has 1 aromatic carbocycles. The summed E-state index contributed by atoms with van der Waals surface area (Å²) < 4.78 is 0. The molecule has 0 fully saturated rings. The molecule has 0 saturated carbocycles. The number of carbonyl (C=O) groups is 1. The van der Waals surface area contributed by atoms with E-state index in [1.54, 1.807) is 24.3 Å². The van der Waals surface area contributed by atoms with Gasteiger partial charge in [0.05, 0.1) is 5.56 Å². The van der Waals surface area contributed by atoms with Crippen molar-refractivity contribution in [3.8, 4) is 11.1 Å². The number of hydrogen-bond donors (Lipinski definition) is 1. The van der Waals surface area contributed by atoms with Crippen LogP contribution in [0.1, 0.15) is 10.4 Å². The van der Waals surface area contributed by atoms with Gasteiger partial charge in [-0.1, -0.05) is 12.1 Å². The van der Waals surface area contributed by atoms with E-state index in [9.17, 15) is 4.79 Å². The molecule has 1 amide bonds. The van der Waals surface area contributed by atoms with Gasteiger partial charge in [-0.3, -0.25) is 9.78 Å². The van der Waals surface area contributed by atoms with Crippen LogP contribution < -0.4 is 10.2 Å². The van der Waals surface area contributed by atoms with E-state index >= 15 is 0 Å². The van der Waals surface area contributed by atoms with Crippen LogP contribution in [0.25, 0.3) is 11.1 Å². The largest absolute Gasteiger partial charge is 0.378 e. The Morgan fingerprint density at radius 3 is 2.24 bits per heavy atom. The topological polar surface area (TPSA) is 48.5 Å². The number of anilines is 1. The minimum Gasteiger partial charge on any atom is -0.378 e. The van der Waals surface area contributed by atoms with Crippen molar-refractivity contribution in [2.24, 2.45) is 0 Å². The molecule has 5 nitrogen and oxygen atoms in total. The molecular formula is C18H26Cl2N4O. The van der Waals surface area contributed by atoms with Crippen molar-refractivity contribution in [3.05, 3.63) is 48.3 Å². The van der Waals surface area contributed by atoms with Crippen LogP contribution in [0.3, 0.4) is 0 Å². The van der Waals surface area contributed by atoms with Gasteiger partial charge in [0.1, 0.15) is 0 Å². The first kappa shape index (κ1) is 23.2. The molecule has 7 heteroatoms. The third-order valence-corrected chi connectivity index (χ3v) is 3.75. The molecule has 25 heavy (non-hydrogen) atoms. The van der Waals surface area contributed by atoms with Crippen molar-refractivity contribution in [1.29, 1.82) is 0 Å². The van der Waals surface area contributed by atoms with Crippen LogP contribution in [0.5, 0.6) is 0 Å². The van der Waals surface area contributed by atoms with Crippen LogP contribution in [0.4, 0.5) is 5.69 Å². The summed E-state index contributed by atoms with van der Waals surface area (Å²) in [6.45, 7) is 1.43. The molecular weight excluding hydrogens is 359 g/mol. The van der Waals surface area contributed by atoms with Gasteiger partial charge >= 0.3 is 0 Å². The van der Waals surface area contributed by atoms with Crippen LogP contribution in [0.2, 0.25) is 0 Å². The number of halogens is 2. The van der Waals surface area contributed by atoms with Crippen LogP contribution in [0.15, 0.2) is 42.7 Å². The summed E-state index contributed by atoms with van der Waals surface area (Å²) in [7, 11) is 7.70. The van der Waals surface area contributed by atoms with Gasteiger partial charge in [-0.15, -0.1) is 24.8 Å². The molecule has 0 spiro atoms. The van der Waals surface area contributed by atoms with Gasteiger partial charge in [-0.2, -0.15) is 0 Å². The molecule has 0 aliphatic heterocycles. The van der Waals surface area contributed by atoms with E-state index in [0.29, 0.717) is 12.1 Å². The SMILES string of the molecule is CNCCN(C)C(=O)c1cncc(-c2ccc(N(C)C)cc2)c1.Cl.Cl. The monoisotopic (exact) mass is 384 g/mol. The lowest BCUT2D eigenvalue weighted by atomic mass is 10.1. The van der Waals surface area contributed by atoms with Crippen molar-refractivity contribution in [1.82, 2.24) is 15.2 Å². The second-order valence-electron chi connectivity index (χ2n) is 5.73. The van der Waals surface area contributed by atoms with Crippen molar-refractivity contribution in [2.45, 2.75) is 0 Å². The van der Waals surface area contributed by atoms with Crippen molar-refractivity contribution < 1.29 is 4.79 Å². The minimum absolute atomic E-state index is 0. The summed E-state index contributed by atoms with van der Waals surface area (Å²) in [6.07, 6.45) is 3.41. The predicted octanol–water partition coefficient (Wildman–Crippen LogP) is 2.95. The van der Waals surface area contributed by atoms with Crippen LogP contribution in [-0.2, 0) is 0 Å². The fourth-order valence-corrected chi connectivity index (χ4v) is 2.27. The number of likely N-dealkylation sites (N-methyl/N-ethyl adjacent to an activating group) is 2. The zero-order valence-corrected chi connectivity index (χ0v) is 16.7. The van der Waals surface area contributed by atoms with E-state index in [-0.39, 0.29) is 30.7 Å². The zero-order valence-electron chi connectivity index (χ0n) is 15.0. The summed E-state index contributed by atoms with van der Waals surface area (Å²) >= 11 is 0. The van der Waals surface area contributed by atoms with Gasteiger partial charge in [0.2, 0.25) is 0 Å². The van der Waals surface area contributed by atoms with Gasteiger partial charge in [-0.25, -0.2) is 0 Å². The van der Waals surface area contributed by atoms with Gasteiger partial charge in [0.25, 0.3) is 5.91 Å². The van der Waals surface area contributed by atoms with E-state index in [2.05, 4.69) is 27.3 Å². The normalized spacial score (nSPS) is 9.60. The number of pyridine rings is 1. The number of amides is 1. The van der Waals surface area contributed by atoms with Gasteiger partial charge in [-0.05, 0) is 30.8 Å². The van der Waals surface area contributed by atoms with E-state index < -0.39 is 0 Å². The quantitative estimate of drug-likeness (QED) is 0.831. The molecule has 2 rings (SSSR count). The minimum atomic E-state index is -0.0143. The predicted molar refractivity (Wildman–Crippen MR) is 109 cm³/mol. The summed E-state index contributed by atoms with van der Waals surface area (Å²) in [5, 5.41) is 3.04. The summed E-state index contributed by atoms with van der Waals surface area (Å²) in [6, 6.07) is 10.1. The standard InChI is InChI=1S/C18H24N4O.2ClH/c1-19-9-10-22(4)18(23)16-11-15(12-20-13-16)14-5-7-17(8-6-14)21(2)3;;/h5-8,11-13,19H,9-10H2,1-4H3;2*1H. The molecule has 0 bridgehead atoms. The van der Waals surface area contributed by atoms with E-state index in [1.165, 1.54) is 0 Å². The molecule has 1 N–H and O–H groups in total. The lowest BCUT2D eigenvalue weighted by Gasteiger charge is -2.17. The maximum absolute atomic E-state index is 12.4. The Labute approximate surface area is 162 Å². The third kappa shape index (κ3) is 6.20. The Balaban J connectivity index is 0.00000288. The van der Waals surface area contributed by atoms with Gasteiger partial charge in [0.15, 0.2) is 0 Å². The lowest BCUT2D eigenvalue weighted by molar-refractivity contribution is 0.0796. The van der Waals surface area contributed by atoms with Crippen LogP contribution >= 0.6 is 24.8 Å². The average Bonchev–Trinajstić information content (AvgIpc) is 2.59. The van der Waals surface area contributed by atoms with Crippen molar-refractivity contribution in [3.63, 3.8) is 0 Å². The molecule has 1 heterocycles. The first-order valence-electron chi connectivity index (χ1n) is 7.66. The van der Waals surface area contributed by atoms with Gasteiger partial charge in [0, 0.05) is 57.9 Å². The highest BCUT2D eigenvalue weighted by Crippen LogP contribution is 2.22. The first-order chi connectivity index (χ1) is 11.0. The highest BCUT2D eigenvalue weighted by atomic mass is 35.5. The second kappa shape index (κ2) is 10.9. The van der Waals surface area contributed by atoms with E-state index in [4.69, 9.17) is 0 Å². The van der Waals surface area contributed by atoms with Crippen molar-refractivity contribution in [2.75, 3.05) is 46.2 Å². The molecule has 0 radical (unpaired) electrons. The second-order valence-corrected chi connectivity index (χ2v) is 5.73. The molecule has 0 atom stereocenters. The molecule has 1 aromatic heterocycles. The van der Waals surface area contributed by atoms with Crippen LogP contribution in [-0.4, -0.2) is 57.1 Å². The molecule has 138 valence electrons. The Bertz CT molecular complexity index is 662. The number of nitrogens with one attached hydrogen (secondary N) is 1. The summed E-state index contributed by atoms with van der Waals surface area (Å²) in [4.78, 5) is 20.4. The number of carbonyl (C=O) groups excluding carboxylic acids is 1. The van der Waals surface area contributed by atoms with Gasteiger partial charge < -0.3 is 15.1 Å². The molecule has 0 aliphatic rings. The number of rotatable bonds is 6. The van der Waals surface area contributed by atoms with Crippen molar-refractivity contribution >= 4 is 36.4 Å². The van der Waals surface area contributed by atoms with Crippen LogP contribution in [0, 0.1) is 0 Å². The van der Waals surface area contributed by atoms with E-state index in [0.717, 1.165) is 23.4 Å². The third-order valence-electron chi connectivity index (χ3n) is 3.75. The maximum atomic E-state index is 12.4. The zero-order chi connectivity index (χ0) is 16.8. The Morgan fingerprint density at radius 2 is 1.68 bits per heavy atom. The number of benzene rings is 1. The highest BCUT2D eigenvalue weighted by molar-refractivity contribution is 5.95. The fourth-order valence-electron chi connectivity index (χ4n) is 2.27. The summed E-state index contributed by atoms with van der Waals surface area (Å²) in [5.41, 5.74) is 3.75. The molecule has 0 aliphatic carbocycles. The molecule has 0 unspecified atom stereocenters. The number of nitrogens with zero attached hydrogens (tertiary/aromatic N) is 3. The Kier molecular flexibility index (Phi) is 10.1.